The van der Waals surface area contributed by atoms with Crippen molar-refractivity contribution in [1.82, 2.24) is 10.3 Å². The number of amidine groups is 1. The highest BCUT2D eigenvalue weighted by Gasteiger charge is 1.97. The third-order valence-electron chi connectivity index (χ3n) is 1.37. The molecule has 3 heteroatoms. The minimum atomic E-state index is 0.811. The van der Waals surface area contributed by atoms with Gasteiger partial charge in [0.1, 0.15) is 11.5 Å². The fourth-order valence-corrected chi connectivity index (χ4v) is 0.857. The summed E-state index contributed by atoms with van der Waals surface area (Å²) in [6, 6.07) is 5.73. The van der Waals surface area contributed by atoms with Crippen molar-refractivity contribution in [1.29, 1.82) is 0 Å². The van der Waals surface area contributed by atoms with Crippen molar-refractivity contribution in [2.24, 2.45) is 4.99 Å². The molecule has 1 rings (SSSR count). The summed E-state index contributed by atoms with van der Waals surface area (Å²) < 4.78 is 0. The summed E-state index contributed by atoms with van der Waals surface area (Å²) in [4.78, 5) is 8.15. The van der Waals surface area contributed by atoms with Crippen LogP contribution in [0.3, 0.4) is 0 Å². The summed E-state index contributed by atoms with van der Waals surface area (Å²) in [5.41, 5.74) is 0.873. The molecule has 0 atom stereocenters. The molecule has 0 radical (unpaired) electrons. The van der Waals surface area contributed by atoms with E-state index in [1.165, 1.54) is 0 Å². The Bertz CT molecular complexity index is 242. The molecule has 1 N–H and O–H groups in total. The number of aromatic nitrogens is 1. The fourth-order valence-electron chi connectivity index (χ4n) is 0.857. The quantitative estimate of drug-likeness (QED) is 0.570. The molecule has 0 aliphatic carbocycles. The van der Waals surface area contributed by atoms with Crippen molar-refractivity contribution >= 4 is 5.84 Å². The third kappa shape index (κ3) is 6.66. The van der Waals surface area contributed by atoms with Crippen LogP contribution in [0.2, 0.25) is 0 Å². The van der Waals surface area contributed by atoms with Gasteiger partial charge >= 0.3 is 0 Å². The van der Waals surface area contributed by atoms with Gasteiger partial charge in [-0.3, -0.25) is 9.98 Å². The van der Waals surface area contributed by atoms with Crippen molar-refractivity contribution in [2.75, 3.05) is 14.1 Å². The van der Waals surface area contributed by atoms with Gasteiger partial charge in [-0.15, -0.1) is 0 Å². The first-order valence-electron chi connectivity index (χ1n) is 5.44. The van der Waals surface area contributed by atoms with E-state index in [1.54, 1.807) is 13.2 Å². The first kappa shape index (κ1) is 16.1. The predicted octanol–water partition coefficient (Wildman–Crippen LogP) is 2.73. The van der Waals surface area contributed by atoms with Gasteiger partial charge in [0.25, 0.3) is 0 Å². The molecule has 0 aromatic carbocycles. The molecule has 0 amide bonds. The number of nitrogens with zero attached hydrogens (tertiary/aromatic N) is 2. The van der Waals surface area contributed by atoms with Gasteiger partial charge in [-0.25, -0.2) is 0 Å². The van der Waals surface area contributed by atoms with Gasteiger partial charge in [0.15, 0.2) is 0 Å². The smallest absolute Gasteiger partial charge is 0.146 e. The molecule has 0 saturated carbocycles. The van der Waals surface area contributed by atoms with E-state index in [4.69, 9.17) is 0 Å². The summed E-state index contributed by atoms with van der Waals surface area (Å²) in [5, 5.41) is 2.96. The third-order valence-corrected chi connectivity index (χ3v) is 1.37. The number of rotatable bonds is 1. The second kappa shape index (κ2) is 12.6. The fraction of sp³-hybridized carbons (Fsp3) is 0.500. The topological polar surface area (TPSA) is 37.3 Å². The van der Waals surface area contributed by atoms with Crippen molar-refractivity contribution in [3.63, 3.8) is 0 Å². The van der Waals surface area contributed by atoms with Crippen LogP contribution in [0.4, 0.5) is 0 Å². The summed E-state index contributed by atoms with van der Waals surface area (Å²) in [6.07, 6.45) is 1.75. The lowest BCUT2D eigenvalue weighted by atomic mass is 10.3. The van der Waals surface area contributed by atoms with E-state index < -0.39 is 0 Å². The standard InChI is InChI=1S/C8H11N3.2C2H6/c1-9-8(10-2)7-5-3-4-6-11-7;2*1-2/h3-6H,1-2H3,(H,9,10);2*1-2H3. The van der Waals surface area contributed by atoms with E-state index in [9.17, 15) is 0 Å². The first-order chi connectivity index (χ1) is 7.38. The van der Waals surface area contributed by atoms with Crippen LogP contribution in [0.25, 0.3) is 0 Å². The summed E-state index contributed by atoms with van der Waals surface area (Å²) >= 11 is 0. The molecule has 0 aliphatic rings. The van der Waals surface area contributed by atoms with E-state index in [0.29, 0.717) is 0 Å². The molecule has 0 saturated heterocycles. The maximum Gasteiger partial charge on any atom is 0.146 e. The molecule has 1 heterocycles. The van der Waals surface area contributed by atoms with Crippen LogP contribution in [0.15, 0.2) is 29.4 Å². The molecule has 86 valence electrons. The Morgan fingerprint density at radius 2 is 1.80 bits per heavy atom. The number of hydrogen-bond donors (Lipinski definition) is 1. The Kier molecular flexibility index (Phi) is 13.5. The average Bonchev–Trinajstić information content (AvgIpc) is 2.37. The minimum absolute atomic E-state index is 0.811. The van der Waals surface area contributed by atoms with Crippen molar-refractivity contribution in [2.45, 2.75) is 27.7 Å². The Morgan fingerprint density at radius 3 is 2.13 bits per heavy atom. The van der Waals surface area contributed by atoms with Crippen molar-refractivity contribution in [3.05, 3.63) is 30.1 Å². The zero-order valence-electron chi connectivity index (χ0n) is 10.7. The molecule has 15 heavy (non-hydrogen) atoms. The van der Waals surface area contributed by atoms with E-state index in [1.807, 2.05) is 52.9 Å². The molecule has 1 aromatic heterocycles. The van der Waals surface area contributed by atoms with Crippen molar-refractivity contribution in [3.8, 4) is 0 Å². The summed E-state index contributed by atoms with van der Waals surface area (Å²) in [5.74, 6) is 0.811. The number of aliphatic imine (C=N–C) groups is 1. The second-order valence-corrected chi connectivity index (χ2v) is 2.04. The molecule has 0 aliphatic heterocycles. The van der Waals surface area contributed by atoms with Crippen LogP contribution < -0.4 is 5.32 Å². The Morgan fingerprint density at radius 1 is 1.20 bits per heavy atom. The lowest BCUT2D eigenvalue weighted by Gasteiger charge is -2.01. The monoisotopic (exact) mass is 209 g/mol. The van der Waals surface area contributed by atoms with Gasteiger partial charge in [-0.1, -0.05) is 33.8 Å². The molecular weight excluding hydrogens is 186 g/mol. The van der Waals surface area contributed by atoms with Gasteiger partial charge in [0.2, 0.25) is 0 Å². The van der Waals surface area contributed by atoms with Gasteiger partial charge < -0.3 is 5.32 Å². The van der Waals surface area contributed by atoms with Crippen molar-refractivity contribution < 1.29 is 0 Å². The van der Waals surface area contributed by atoms with Gasteiger partial charge in [-0.2, -0.15) is 0 Å². The average molecular weight is 209 g/mol. The Balaban J connectivity index is 0. The molecule has 3 nitrogen and oxygen atoms in total. The maximum atomic E-state index is 4.13. The highest BCUT2D eigenvalue weighted by molar-refractivity contribution is 5.96. The highest BCUT2D eigenvalue weighted by Crippen LogP contribution is 1.92. The molecule has 0 bridgehead atoms. The number of pyridine rings is 1. The molecule has 0 spiro atoms. The molecule has 1 aromatic rings. The first-order valence-corrected chi connectivity index (χ1v) is 5.44. The molecule has 0 fully saturated rings. The zero-order valence-corrected chi connectivity index (χ0v) is 10.7. The largest absolute Gasteiger partial charge is 0.372 e. The van der Waals surface area contributed by atoms with E-state index >= 15 is 0 Å². The van der Waals surface area contributed by atoms with E-state index in [-0.39, 0.29) is 0 Å². The summed E-state index contributed by atoms with van der Waals surface area (Å²) in [7, 11) is 3.57. The van der Waals surface area contributed by atoms with Crippen LogP contribution in [0.5, 0.6) is 0 Å². The van der Waals surface area contributed by atoms with Gasteiger partial charge in [-0.05, 0) is 12.1 Å². The Labute approximate surface area is 93.7 Å². The van der Waals surface area contributed by atoms with Gasteiger partial charge in [0, 0.05) is 20.3 Å². The van der Waals surface area contributed by atoms with Crippen LogP contribution in [-0.2, 0) is 0 Å². The lowest BCUT2D eigenvalue weighted by molar-refractivity contribution is 1.12. The Hall–Kier alpha value is -1.38. The lowest BCUT2D eigenvalue weighted by Crippen LogP contribution is -2.20. The molecular formula is C12H23N3. The van der Waals surface area contributed by atoms with Crippen LogP contribution in [0, 0.1) is 0 Å². The second-order valence-electron chi connectivity index (χ2n) is 2.04. The van der Waals surface area contributed by atoms with E-state index in [2.05, 4.69) is 15.3 Å². The van der Waals surface area contributed by atoms with Crippen LogP contribution in [-0.4, -0.2) is 24.9 Å². The summed E-state index contributed by atoms with van der Waals surface area (Å²) in [6.45, 7) is 8.00. The predicted molar refractivity (Wildman–Crippen MR) is 68.5 cm³/mol. The zero-order chi connectivity index (χ0) is 12.1. The SMILES string of the molecule is CC.CC.CN=C(NC)c1ccccn1. The minimum Gasteiger partial charge on any atom is -0.372 e. The number of hydrogen-bond acceptors (Lipinski definition) is 2. The normalized spacial score (nSPS) is 9.07. The molecule has 0 unspecified atom stereocenters. The van der Waals surface area contributed by atoms with Crippen LogP contribution in [0.1, 0.15) is 33.4 Å². The number of nitrogens with one attached hydrogen (secondary N) is 1. The highest BCUT2D eigenvalue weighted by atomic mass is 15.0. The van der Waals surface area contributed by atoms with Gasteiger partial charge in [0.05, 0.1) is 0 Å². The van der Waals surface area contributed by atoms with Crippen LogP contribution >= 0.6 is 0 Å². The van der Waals surface area contributed by atoms with E-state index in [0.717, 1.165) is 11.5 Å². The maximum absolute atomic E-state index is 4.13.